The zero-order valence-electron chi connectivity index (χ0n) is 17.4. The van der Waals surface area contributed by atoms with Crippen LogP contribution in [0.4, 0.5) is 5.69 Å². The number of hydrogen-bond acceptors (Lipinski definition) is 5. The number of nitrogens with zero attached hydrogens (tertiary/aromatic N) is 5. The van der Waals surface area contributed by atoms with Gasteiger partial charge < -0.3 is 5.32 Å². The molecule has 1 N–H and O–H groups in total. The van der Waals surface area contributed by atoms with Gasteiger partial charge in [0.15, 0.2) is 0 Å². The average molecular weight is 443 g/mol. The van der Waals surface area contributed by atoms with Crippen molar-refractivity contribution in [3.8, 4) is 0 Å². The summed E-state index contributed by atoms with van der Waals surface area (Å²) in [5.41, 5.74) is 1.67. The van der Waals surface area contributed by atoms with E-state index in [9.17, 15) is 13.2 Å². The molecule has 1 aliphatic heterocycles. The molecule has 9 nitrogen and oxygen atoms in total. The Morgan fingerprint density at radius 1 is 1.06 bits per heavy atom. The number of carbonyl (C=O) groups is 1. The van der Waals surface area contributed by atoms with Gasteiger partial charge in [0.25, 0.3) is 0 Å². The molecule has 31 heavy (non-hydrogen) atoms. The van der Waals surface area contributed by atoms with Crippen molar-refractivity contribution in [1.29, 1.82) is 0 Å². The molecule has 4 rings (SSSR count). The van der Waals surface area contributed by atoms with E-state index in [2.05, 4.69) is 15.5 Å². The van der Waals surface area contributed by atoms with Gasteiger partial charge in [-0.3, -0.25) is 14.2 Å². The van der Waals surface area contributed by atoms with Gasteiger partial charge in [0.05, 0.1) is 29.5 Å². The molecule has 1 amide bonds. The van der Waals surface area contributed by atoms with Crippen LogP contribution in [0.1, 0.15) is 25.3 Å². The number of carbonyl (C=O) groups excluding carboxylic acids is 1. The van der Waals surface area contributed by atoms with Gasteiger partial charge in [-0.2, -0.15) is 14.5 Å². The summed E-state index contributed by atoms with van der Waals surface area (Å²) >= 11 is 0. The van der Waals surface area contributed by atoms with Crippen LogP contribution in [0.2, 0.25) is 0 Å². The summed E-state index contributed by atoms with van der Waals surface area (Å²) in [6.45, 7) is 4.07. The molecular formula is C21H26N6O3S. The van der Waals surface area contributed by atoms with Crippen molar-refractivity contribution in [2.24, 2.45) is 5.92 Å². The molecule has 10 heteroatoms. The Morgan fingerprint density at radius 3 is 2.45 bits per heavy atom. The predicted octanol–water partition coefficient (Wildman–Crippen LogP) is 2.19. The fourth-order valence-corrected chi connectivity index (χ4v) is 5.20. The summed E-state index contributed by atoms with van der Waals surface area (Å²) < 4.78 is 30.5. The Hall–Kier alpha value is -2.98. The molecule has 3 aromatic rings. The maximum Gasteiger partial charge on any atom is 0.243 e. The minimum absolute atomic E-state index is 0.102. The van der Waals surface area contributed by atoms with Crippen molar-refractivity contribution >= 4 is 21.6 Å². The van der Waals surface area contributed by atoms with Crippen molar-refractivity contribution in [2.45, 2.75) is 37.8 Å². The van der Waals surface area contributed by atoms with Gasteiger partial charge in [0, 0.05) is 43.5 Å². The minimum atomic E-state index is -3.52. The molecule has 1 fully saturated rings. The second-order valence-electron chi connectivity index (χ2n) is 7.61. The summed E-state index contributed by atoms with van der Waals surface area (Å²) in [4.78, 5) is 13.0. The van der Waals surface area contributed by atoms with E-state index in [1.807, 2.05) is 17.8 Å². The van der Waals surface area contributed by atoms with E-state index in [1.165, 1.54) is 4.31 Å². The number of nitrogens with one attached hydrogen (secondary N) is 1. The SMILES string of the molecule is CCn1cc(Cn2cc(NC(=O)C3CCN(S(=O)(=O)c4ccccc4)CC3)cn2)cn1. The van der Waals surface area contributed by atoms with Crippen LogP contribution in [0, 0.1) is 5.92 Å². The first-order valence-electron chi connectivity index (χ1n) is 10.4. The van der Waals surface area contributed by atoms with E-state index >= 15 is 0 Å². The molecule has 1 aliphatic rings. The molecule has 0 aliphatic carbocycles. The van der Waals surface area contributed by atoms with Crippen LogP contribution in [-0.2, 0) is 27.9 Å². The third kappa shape index (κ3) is 4.86. The van der Waals surface area contributed by atoms with E-state index in [4.69, 9.17) is 0 Å². The number of rotatable bonds is 7. The Morgan fingerprint density at radius 2 is 1.77 bits per heavy atom. The highest BCUT2D eigenvalue weighted by Crippen LogP contribution is 2.24. The van der Waals surface area contributed by atoms with Gasteiger partial charge in [0.2, 0.25) is 15.9 Å². The highest BCUT2D eigenvalue weighted by atomic mass is 32.2. The number of benzene rings is 1. The Labute approximate surface area is 181 Å². The number of piperidine rings is 1. The van der Waals surface area contributed by atoms with Crippen molar-refractivity contribution in [2.75, 3.05) is 18.4 Å². The number of aromatic nitrogens is 4. The van der Waals surface area contributed by atoms with Crippen molar-refractivity contribution in [1.82, 2.24) is 23.9 Å². The normalized spacial score (nSPS) is 15.8. The highest BCUT2D eigenvalue weighted by molar-refractivity contribution is 7.89. The van der Waals surface area contributed by atoms with Gasteiger partial charge in [0.1, 0.15) is 0 Å². The number of hydrogen-bond donors (Lipinski definition) is 1. The largest absolute Gasteiger partial charge is 0.323 e. The molecule has 1 aromatic carbocycles. The van der Waals surface area contributed by atoms with Crippen LogP contribution < -0.4 is 5.32 Å². The Bertz CT molecular complexity index is 1130. The molecule has 1 saturated heterocycles. The molecule has 0 spiro atoms. The molecule has 0 bridgehead atoms. The zero-order valence-corrected chi connectivity index (χ0v) is 18.2. The molecular weight excluding hydrogens is 416 g/mol. The van der Waals surface area contributed by atoms with Crippen molar-refractivity contribution < 1.29 is 13.2 Å². The lowest BCUT2D eigenvalue weighted by Crippen LogP contribution is -2.41. The molecule has 0 atom stereocenters. The molecule has 0 radical (unpaired) electrons. The third-order valence-corrected chi connectivity index (χ3v) is 7.37. The quantitative estimate of drug-likeness (QED) is 0.604. The summed E-state index contributed by atoms with van der Waals surface area (Å²) in [5.74, 6) is -0.330. The van der Waals surface area contributed by atoms with Gasteiger partial charge in [-0.05, 0) is 31.9 Å². The van der Waals surface area contributed by atoms with Gasteiger partial charge in [-0.1, -0.05) is 18.2 Å². The van der Waals surface area contributed by atoms with Crippen LogP contribution in [0.25, 0.3) is 0 Å². The fourth-order valence-electron chi connectivity index (χ4n) is 3.71. The number of aryl methyl sites for hydroxylation is 1. The Kier molecular flexibility index (Phi) is 6.19. The lowest BCUT2D eigenvalue weighted by atomic mass is 9.97. The number of anilines is 1. The second-order valence-corrected chi connectivity index (χ2v) is 9.55. The molecule has 0 saturated carbocycles. The summed E-state index contributed by atoms with van der Waals surface area (Å²) in [5, 5.41) is 11.5. The van der Waals surface area contributed by atoms with E-state index in [-0.39, 0.29) is 16.7 Å². The number of sulfonamides is 1. The first-order chi connectivity index (χ1) is 15.0. The fraction of sp³-hybridized carbons (Fsp3) is 0.381. The lowest BCUT2D eigenvalue weighted by molar-refractivity contribution is -0.120. The molecule has 164 valence electrons. The molecule has 3 heterocycles. The van der Waals surface area contributed by atoms with Crippen molar-refractivity contribution in [3.05, 3.63) is 60.7 Å². The maximum absolute atomic E-state index is 12.7. The zero-order chi connectivity index (χ0) is 21.8. The standard InChI is InChI=1S/C21H26N6O3S/c1-2-25-14-17(12-22-25)15-26-16-19(13-23-26)24-21(28)18-8-10-27(11-9-18)31(29,30)20-6-4-3-5-7-20/h3-7,12-14,16,18H,2,8-11,15H2,1H3,(H,24,28). The van der Waals surface area contributed by atoms with Gasteiger partial charge >= 0.3 is 0 Å². The van der Waals surface area contributed by atoms with E-state index in [1.54, 1.807) is 53.6 Å². The van der Waals surface area contributed by atoms with Crippen LogP contribution in [-0.4, -0.2) is 51.3 Å². The van der Waals surface area contributed by atoms with Crippen LogP contribution >= 0.6 is 0 Å². The average Bonchev–Trinajstić information content (AvgIpc) is 3.44. The summed E-state index contributed by atoms with van der Waals surface area (Å²) in [6, 6.07) is 8.40. The maximum atomic E-state index is 12.7. The first kappa shape index (κ1) is 21.3. The molecule has 0 unspecified atom stereocenters. The third-order valence-electron chi connectivity index (χ3n) is 5.46. The second kappa shape index (κ2) is 9.03. The van der Waals surface area contributed by atoms with Crippen LogP contribution in [0.15, 0.2) is 60.0 Å². The smallest absolute Gasteiger partial charge is 0.243 e. The van der Waals surface area contributed by atoms with Crippen LogP contribution in [0.3, 0.4) is 0 Å². The van der Waals surface area contributed by atoms with Crippen molar-refractivity contribution in [3.63, 3.8) is 0 Å². The van der Waals surface area contributed by atoms with E-state index in [0.29, 0.717) is 38.2 Å². The monoisotopic (exact) mass is 442 g/mol. The van der Waals surface area contributed by atoms with Gasteiger partial charge in [-0.15, -0.1) is 0 Å². The highest BCUT2D eigenvalue weighted by Gasteiger charge is 2.32. The minimum Gasteiger partial charge on any atom is -0.323 e. The van der Waals surface area contributed by atoms with E-state index in [0.717, 1.165) is 12.1 Å². The molecule has 2 aromatic heterocycles. The first-order valence-corrected chi connectivity index (χ1v) is 11.8. The van der Waals surface area contributed by atoms with Gasteiger partial charge in [-0.25, -0.2) is 8.42 Å². The van der Waals surface area contributed by atoms with Crippen LogP contribution in [0.5, 0.6) is 0 Å². The Balaban J connectivity index is 1.31. The van der Waals surface area contributed by atoms with E-state index < -0.39 is 10.0 Å². The predicted molar refractivity (Wildman–Crippen MR) is 116 cm³/mol. The topological polar surface area (TPSA) is 102 Å². The summed E-state index contributed by atoms with van der Waals surface area (Å²) in [7, 11) is -3.52. The lowest BCUT2D eigenvalue weighted by Gasteiger charge is -2.30. The number of amides is 1. The summed E-state index contributed by atoms with van der Waals surface area (Å²) in [6.07, 6.45) is 8.16.